The number of amides is 2. The van der Waals surface area contributed by atoms with Crippen molar-refractivity contribution >= 4 is 50.7 Å². The van der Waals surface area contributed by atoms with Gasteiger partial charge in [-0.05, 0) is 60.9 Å². The predicted octanol–water partition coefficient (Wildman–Crippen LogP) is 7.23. The van der Waals surface area contributed by atoms with Crippen LogP contribution in [0.4, 0.5) is 37.7 Å². The van der Waals surface area contributed by atoms with E-state index in [1.54, 1.807) is 0 Å². The molecule has 15 heteroatoms. The van der Waals surface area contributed by atoms with Crippen LogP contribution in [-0.2, 0) is 5.54 Å². The van der Waals surface area contributed by atoms with Crippen LogP contribution in [0.25, 0.3) is 0 Å². The van der Waals surface area contributed by atoms with Crippen molar-refractivity contribution in [1.82, 2.24) is 15.4 Å². The third-order valence-electron chi connectivity index (χ3n) is 6.44. The topological polar surface area (TPSA) is 86.4 Å². The molecule has 0 spiro atoms. The molecule has 4 rings (SSSR count). The first-order chi connectivity index (χ1) is 19.6. The van der Waals surface area contributed by atoms with Crippen molar-refractivity contribution in [3.63, 3.8) is 0 Å². The lowest BCUT2D eigenvalue weighted by Crippen LogP contribution is -2.65. The van der Waals surface area contributed by atoms with Gasteiger partial charge in [0.25, 0.3) is 17.4 Å². The van der Waals surface area contributed by atoms with Gasteiger partial charge in [-0.2, -0.15) is 26.3 Å². The van der Waals surface area contributed by atoms with Gasteiger partial charge in [0, 0.05) is 40.4 Å². The molecule has 0 fully saturated rings. The number of nitrogens with one attached hydrogen (secondary N) is 3. The summed E-state index contributed by atoms with van der Waals surface area (Å²) < 4.78 is 86.7. The summed E-state index contributed by atoms with van der Waals surface area (Å²) in [6.45, 7) is 2.32. The van der Waals surface area contributed by atoms with Crippen molar-refractivity contribution in [1.29, 1.82) is 0 Å². The van der Waals surface area contributed by atoms with Crippen molar-refractivity contribution in [2.24, 2.45) is 0 Å². The van der Waals surface area contributed by atoms with Gasteiger partial charge >= 0.3 is 12.4 Å². The van der Waals surface area contributed by atoms with Gasteiger partial charge in [-0.3, -0.25) is 14.6 Å². The number of alkyl halides is 6. The van der Waals surface area contributed by atoms with Gasteiger partial charge in [0.1, 0.15) is 5.15 Å². The van der Waals surface area contributed by atoms with Crippen molar-refractivity contribution in [2.75, 3.05) is 17.2 Å². The van der Waals surface area contributed by atoms with Crippen LogP contribution in [0.5, 0.6) is 0 Å². The standard InChI is InChI=1S/C27H21BrClF6N5O2/c1-14-9-17(25(26(30,31)32,27(33,34)35)40-13-18(28)12-37-40)10-15(2)21(14)39-23(41)16-5-3-6-19(11-16)38-24(42)20-7-4-8-36-22(20)29/h3-11,13,37H,12H2,1-2H3,(H,38,42)(H,39,41). The number of carbonyl (C=O) groups excluding carboxylic acids is 2. The summed E-state index contributed by atoms with van der Waals surface area (Å²) in [5, 5.41) is 5.12. The summed E-state index contributed by atoms with van der Waals surface area (Å²) in [6.07, 6.45) is -9.47. The average Bonchev–Trinajstić information content (AvgIpc) is 3.30. The van der Waals surface area contributed by atoms with Crippen molar-refractivity contribution in [3.05, 3.63) is 98.4 Å². The Bertz CT molecular complexity index is 1540. The van der Waals surface area contributed by atoms with Crippen LogP contribution in [0.1, 0.15) is 37.4 Å². The molecular formula is C27H21BrClF6N5O2. The summed E-state index contributed by atoms with van der Waals surface area (Å²) in [7, 11) is 0. The van der Waals surface area contributed by atoms with Crippen LogP contribution < -0.4 is 16.1 Å². The van der Waals surface area contributed by atoms with Crippen LogP contribution in [0.15, 0.2) is 65.4 Å². The Morgan fingerprint density at radius 3 is 2.14 bits per heavy atom. The first-order valence-electron chi connectivity index (χ1n) is 12.0. The van der Waals surface area contributed by atoms with Crippen molar-refractivity contribution < 1.29 is 35.9 Å². The number of rotatable bonds is 6. The fourth-order valence-corrected chi connectivity index (χ4v) is 5.09. The van der Waals surface area contributed by atoms with Gasteiger partial charge in [0.2, 0.25) is 0 Å². The SMILES string of the molecule is Cc1cc(C(N2C=C(Br)CN2)(C(F)(F)F)C(F)(F)F)cc(C)c1NC(=O)c1cccc(NC(=O)c2cccnc2Cl)c1. The fourth-order valence-electron chi connectivity index (χ4n) is 4.56. The van der Waals surface area contributed by atoms with Gasteiger partial charge < -0.3 is 10.6 Å². The van der Waals surface area contributed by atoms with Gasteiger partial charge in [-0.15, -0.1) is 0 Å². The number of hydrogen-bond donors (Lipinski definition) is 3. The van der Waals surface area contributed by atoms with Crippen LogP contribution in [0.2, 0.25) is 5.15 Å². The van der Waals surface area contributed by atoms with E-state index in [2.05, 4.69) is 37.0 Å². The highest BCUT2D eigenvalue weighted by Gasteiger charge is 2.75. The Kier molecular flexibility index (Phi) is 8.63. The molecule has 0 radical (unpaired) electrons. The van der Waals surface area contributed by atoms with Crippen LogP contribution >= 0.6 is 27.5 Å². The number of aromatic nitrogens is 1. The Morgan fingerprint density at radius 1 is 0.952 bits per heavy atom. The van der Waals surface area contributed by atoms with E-state index in [1.165, 1.54) is 56.4 Å². The summed E-state index contributed by atoms with van der Waals surface area (Å²) in [4.78, 5) is 29.5. The minimum Gasteiger partial charge on any atom is -0.322 e. The highest BCUT2D eigenvalue weighted by Crippen LogP contribution is 2.55. The minimum absolute atomic E-state index is 0.00201. The number of nitrogens with zero attached hydrogens (tertiary/aromatic N) is 2. The number of hydrogen-bond acceptors (Lipinski definition) is 5. The molecule has 0 atom stereocenters. The third kappa shape index (κ3) is 5.83. The molecule has 0 bridgehead atoms. The number of hydrazine groups is 1. The number of carbonyl (C=O) groups is 2. The molecule has 42 heavy (non-hydrogen) atoms. The van der Waals surface area contributed by atoms with Gasteiger partial charge in [0.15, 0.2) is 0 Å². The van der Waals surface area contributed by atoms with E-state index in [4.69, 9.17) is 11.6 Å². The summed E-state index contributed by atoms with van der Waals surface area (Å²) in [6, 6.07) is 10.2. The molecule has 2 heterocycles. The molecule has 0 saturated carbocycles. The molecule has 3 aromatic rings. The Hall–Kier alpha value is -3.62. The van der Waals surface area contributed by atoms with E-state index >= 15 is 0 Å². The van der Waals surface area contributed by atoms with Gasteiger partial charge in [-0.25, -0.2) is 10.4 Å². The Balaban J connectivity index is 1.65. The molecule has 1 aromatic heterocycles. The smallest absolute Gasteiger partial charge is 0.322 e. The van der Waals surface area contributed by atoms with Crippen molar-refractivity contribution in [2.45, 2.75) is 31.7 Å². The number of pyridine rings is 1. The third-order valence-corrected chi connectivity index (χ3v) is 7.23. The van der Waals surface area contributed by atoms with Crippen LogP contribution in [0.3, 0.4) is 0 Å². The largest absolute Gasteiger partial charge is 0.426 e. The number of halogens is 8. The normalized spacial score (nSPS) is 14.0. The van der Waals surface area contributed by atoms with E-state index in [9.17, 15) is 35.9 Å². The fraction of sp³-hybridized carbons (Fsp3) is 0.222. The maximum absolute atomic E-state index is 14.4. The molecule has 2 amide bonds. The second kappa shape index (κ2) is 11.6. The van der Waals surface area contributed by atoms with Gasteiger partial charge in [-0.1, -0.05) is 45.7 Å². The Labute approximate surface area is 249 Å². The predicted molar refractivity (Wildman–Crippen MR) is 148 cm³/mol. The van der Waals surface area contributed by atoms with E-state index in [0.717, 1.165) is 12.1 Å². The molecule has 222 valence electrons. The molecule has 0 saturated heterocycles. The van der Waals surface area contributed by atoms with E-state index in [1.807, 2.05) is 0 Å². The zero-order chi connectivity index (χ0) is 31.0. The quantitative estimate of drug-likeness (QED) is 0.190. The first-order valence-corrected chi connectivity index (χ1v) is 13.2. The van der Waals surface area contributed by atoms with E-state index < -0.39 is 35.3 Å². The molecule has 0 unspecified atom stereocenters. The first kappa shape index (κ1) is 31.3. The number of benzene rings is 2. The second-order valence-corrected chi connectivity index (χ2v) is 10.7. The second-order valence-electron chi connectivity index (χ2n) is 9.30. The maximum Gasteiger partial charge on any atom is 0.426 e. The highest BCUT2D eigenvalue weighted by molar-refractivity contribution is 9.11. The van der Waals surface area contributed by atoms with Crippen molar-refractivity contribution in [3.8, 4) is 0 Å². The molecular weight excluding hydrogens is 656 g/mol. The minimum atomic E-state index is -5.79. The molecule has 2 aromatic carbocycles. The van der Waals surface area contributed by atoms with Crippen LogP contribution in [0, 0.1) is 13.8 Å². The van der Waals surface area contributed by atoms with E-state index in [-0.39, 0.29) is 54.8 Å². The summed E-state index contributed by atoms with van der Waals surface area (Å²) in [5.41, 5.74) is -3.01. The lowest BCUT2D eigenvalue weighted by molar-refractivity contribution is -0.347. The van der Waals surface area contributed by atoms with Gasteiger partial charge in [0.05, 0.1) is 5.56 Å². The average molecular weight is 677 g/mol. The number of aryl methyl sites for hydroxylation is 2. The molecule has 7 nitrogen and oxygen atoms in total. The lowest BCUT2D eigenvalue weighted by Gasteiger charge is -2.44. The monoisotopic (exact) mass is 675 g/mol. The lowest BCUT2D eigenvalue weighted by atomic mass is 9.85. The van der Waals surface area contributed by atoms with E-state index in [0.29, 0.717) is 6.20 Å². The number of anilines is 2. The molecule has 0 aliphatic carbocycles. The molecule has 1 aliphatic rings. The Morgan fingerprint density at radius 2 is 1.60 bits per heavy atom. The maximum atomic E-state index is 14.4. The highest BCUT2D eigenvalue weighted by atomic mass is 79.9. The zero-order valence-electron chi connectivity index (χ0n) is 21.7. The summed E-state index contributed by atoms with van der Waals surface area (Å²) >= 11 is 8.89. The zero-order valence-corrected chi connectivity index (χ0v) is 24.1. The molecule has 1 aliphatic heterocycles. The summed E-state index contributed by atoms with van der Waals surface area (Å²) in [5.74, 6) is -1.30. The molecule has 3 N–H and O–H groups in total. The van der Waals surface area contributed by atoms with Crippen LogP contribution in [-0.4, -0.2) is 40.7 Å².